The average Bonchev–Trinajstić information content (AvgIpc) is 2.16. The van der Waals surface area contributed by atoms with Crippen molar-refractivity contribution in [2.45, 2.75) is 19.5 Å². The second-order valence-corrected chi connectivity index (χ2v) is 4.13. The van der Waals surface area contributed by atoms with E-state index in [1.807, 2.05) is 31.0 Å². The first kappa shape index (κ1) is 11.9. The summed E-state index contributed by atoms with van der Waals surface area (Å²) in [4.78, 5) is 2.52. The van der Waals surface area contributed by atoms with Gasteiger partial charge in [-0.25, -0.2) is 0 Å². The van der Waals surface area contributed by atoms with Crippen LogP contribution in [0.4, 0.5) is 0 Å². The maximum absolute atomic E-state index is 9.30. The lowest BCUT2D eigenvalue weighted by molar-refractivity contribution is 0.304. The molecule has 1 rings (SSSR count). The summed E-state index contributed by atoms with van der Waals surface area (Å²) in [6.07, 6.45) is 0. The number of benzene rings is 1. The molecule has 0 aromatic heterocycles. The minimum atomic E-state index is 0.0577. The zero-order valence-corrected chi connectivity index (χ0v) is 9.79. The minimum absolute atomic E-state index is 0.0577. The first-order chi connectivity index (χ1) is 7.00. The van der Waals surface area contributed by atoms with Crippen LogP contribution in [0, 0.1) is 0 Å². The fraction of sp³-hybridized carbons (Fsp3) is 0.364. The Bertz CT molecular complexity index is 354. The molecule has 0 amide bonds. The van der Waals surface area contributed by atoms with E-state index in [2.05, 4.69) is 0 Å². The van der Waals surface area contributed by atoms with Gasteiger partial charge in [0.05, 0.1) is 11.0 Å². The number of rotatable bonds is 4. The molecule has 1 aromatic rings. The van der Waals surface area contributed by atoms with Crippen LogP contribution in [0.2, 0.25) is 0 Å². The Morgan fingerprint density at radius 1 is 1.60 bits per heavy atom. The van der Waals surface area contributed by atoms with Crippen LogP contribution in [0.15, 0.2) is 24.3 Å². The fourth-order valence-electron chi connectivity index (χ4n) is 1.30. The molecule has 0 aliphatic rings. The van der Waals surface area contributed by atoms with Crippen LogP contribution in [0.25, 0.3) is 0 Å². The molecule has 1 unspecified atom stereocenters. The van der Waals surface area contributed by atoms with Crippen molar-refractivity contribution in [3.05, 3.63) is 29.8 Å². The Morgan fingerprint density at radius 3 is 2.80 bits per heavy atom. The Labute approximate surface area is 95.5 Å². The normalized spacial score (nSPS) is 12.7. The molecule has 0 fully saturated rings. The molecular weight excluding hydrogens is 208 g/mol. The van der Waals surface area contributed by atoms with E-state index in [0.29, 0.717) is 11.5 Å². The van der Waals surface area contributed by atoms with E-state index in [1.165, 1.54) is 0 Å². The number of nitrogens with two attached hydrogens (primary N) is 1. The first-order valence-electron chi connectivity index (χ1n) is 4.78. The summed E-state index contributed by atoms with van der Waals surface area (Å²) in [6, 6.07) is 7.23. The summed E-state index contributed by atoms with van der Waals surface area (Å²) >= 11 is 4.92. The Kier molecular flexibility index (Phi) is 4.05. The molecule has 0 bridgehead atoms. The van der Waals surface area contributed by atoms with Gasteiger partial charge in [0, 0.05) is 6.54 Å². The van der Waals surface area contributed by atoms with Gasteiger partial charge >= 0.3 is 0 Å². The van der Waals surface area contributed by atoms with Crippen molar-refractivity contribution >= 4 is 17.2 Å². The number of phenols is 1. The molecule has 1 aromatic carbocycles. The van der Waals surface area contributed by atoms with Crippen molar-refractivity contribution in [3.63, 3.8) is 0 Å². The number of thiocarbonyl (C=S) groups is 1. The highest BCUT2D eigenvalue weighted by molar-refractivity contribution is 7.80. The number of likely N-dealkylation sites (N-methyl/N-ethyl adjacent to an activating group) is 1. The minimum Gasteiger partial charge on any atom is -0.508 e. The molecular formula is C11H16N2OS. The molecule has 0 aliphatic heterocycles. The molecule has 82 valence electrons. The van der Waals surface area contributed by atoms with E-state index in [1.54, 1.807) is 12.1 Å². The third-order valence-electron chi connectivity index (χ3n) is 2.42. The molecule has 0 spiro atoms. The first-order valence-corrected chi connectivity index (χ1v) is 5.19. The van der Waals surface area contributed by atoms with Crippen LogP contribution in [0.5, 0.6) is 5.75 Å². The molecule has 15 heavy (non-hydrogen) atoms. The van der Waals surface area contributed by atoms with Crippen LogP contribution in [-0.4, -0.2) is 28.1 Å². The highest BCUT2D eigenvalue weighted by Crippen LogP contribution is 2.13. The van der Waals surface area contributed by atoms with Crippen molar-refractivity contribution in [2.75, 3.05) is 7.05 Å². The third-order valence-corrected chi connectivity index (χ3v) is 2.76. The van der Waals surface area contributed by atoms with Gasteiger partial charge in [-0.2, -0.15) is 0 Å². The highest BCUT2D eigenvalue weighted by Gasteiger charge is 2.11. The van der Waals surface area contributed by atoms with Gasteiger partial charge in [0.2, 0.25) is 0 Å². The number of aromatic hydroxyl groups is 1. The lowest BCUT2D eigenvalue weighted by Gasteiger charge is -2.23. The van der Waals surface area contributed by atoms with Gasteiger partial charge in [-0.15, -0.1) is 0 Å². The quantitative estimate of drug-likeness (QED) is 0.761. The van der Waals surface area contributed by atoms with Crippen LogP contribution >= 0.6 is 12.2 Å². The number of nitrogens with zero attached hydrogens (tertiary/aromatic N) is 1. The Hall–Kier alpha value is -1.13. The van der Waals surface area contributed by atoms with E-state index in [4.69, 9.17) is 18.0 Å². The number of phenolic OH excluding ortho intramolecular Hbond substituents is 1. The van der Waals surface area contributed by atoms with Crippen LogP contribution in [0.3, 0.4) is 0 Å². The van der Waals surface area contributed by atoms with Gasteiger partial charge in [-0.3, -0.25) is 4.90 Å². The molecule has 0 aliphatic carbocycles. The summed E-state index contributed by atoms with van der Waals surface area (Å²) in [6.45, 7) is 2.68. The van der Waals surface area contributed by atoms with E-state index < -0.39 is 0 Å². The van der Waals surface area contributed by atoms with E-state index in [9.17, 15) is 5.11 Å². The summed E-state index contributed by atoms with van der Waals surface area (Å²) in [5.74, 6) is 0.281. The SMILES string of the molecule is CC(C(N)=S)N(C)Cc1cccc(O)c1. The summed E-state index contributed by atoms with van der Waals surface area (Å²) < 4.78 is 0. The van der Waals surface area contributed by atoms with Gasteiger partial charge in [-0.05, 0) is 31.7 Å². The maximum atomic E-state index is 9.30. The topological polar surface area (TPSA) is 49.5 Å². The van der Waals surface area contributed by atoms with Crippen LogP contribution in [-0.2, 0) is 6.54 Å². The smallest absolute Gasteiger partial charge is 0.115 e. The predicted octanol–water partition coefficient (Wildman–Crippen LogP) is 1.50. The highest BCUT2D eigenvalue weighted by atomic mass is 32.1. The standard InChI is InChI=1S/C11H16N2OS/c1-8(11(12)15)13(2)7-9-4-3-5-10(14)6-9/h3-6,8,14H,7H2,1-2H3,(H2,12,15). The van der Waals surface area contributed by atoms with Gasteiger partial charge in [0.25, 0.3) is 0 Å². The van der Waals surface area contributed by atoms with Crippen molar-refractivity contribution in [3.8, 4) is 5.75 Å². The number of hydrogen-bond donors (Lipinski definition) is 2. The van der Waals surface area contributed by atoms with Gasteiger partial charge in [0.1, 0.15) is 5.75 Å². The van der Waals surface area contributed by atoms with Crippen LogP contribution < -0.4 is 5.73 Å². The maximum Gasteiger partial charge on any atom is 0.115 e. The molecule has 0 radical (unpaired) electrons. The lowest BCUT2D eigenvalue weighted by atomic mass is 10.2. The predicted molar refractivity (Wildman–Crippen MR) is 65.8 cm³/mol. The van der Waals surface area contributed by atoms with Crippen molar-refractivity contribution in [1.82, 2.24) is 4.90 Å². The van der Waals surface area contributed by atoms with E-state index >= 15 is 0 Å². The summed E-state index contributed by atoms with van der Waals surface area (Å²) in [5.41, 5.74) is 6.60. The molecule has 0 saturated carbocycles. The molecule has 0 heterocycles. The molecule has 1 atom stereocenters. The largest absolute Gasteiger partial charge is 0.508 e. The monoisotopic (exact) mass is 224 g/mol. The molecule has 3 nitrogen and oxygen atoms in total. The zero-order chi connectivity index (χ0) is 11.4. The second-order valence-electron chi connectivity index (χ2n) is 3.66. The van der Waals surface area contributed by atoms with Crippen molar-refractivity contribution < 1.29 is 5.11 Å². The summed E-state index contributed by atoms with van der Waals surface area (Å²) in [5, 5.41) is 9.30. The lowest BCUT2D eigenvalue weighted by Crippen LogP contribution is -2.38. The number of hydrogen-bond acceptors (Lipinski definition) is 3. The second kappa shape index (κ2) is 5.09. The average molecular weight is 224 g/mol. The van der Waals surface area contributed by atoms with Crippen molar-refractivity contribution in [1.29, 1.82) is 0 Å². The summed E-state index contributed by atoms with van der Waals surface area (Å²) in [7, 11) is 1.95. The Balaban J connectivity index is 2.66. The molecule has 3 N–H and O–H groups in total. The third kappa shape index (κ3) is 3.49. The van der Waals surface area contributed by atoms with Gasteiger partial charge < -0.3 is 10.8 Å². The Morgan fingerprint density at radius 2 is 2.27 bits per heavy atom. The van der Waals surface area contributed by atoms with Gasteiger partial charge in [0.15, 0.2) is 0 Å². The van der Waals surface area contributed by atoms with Crippen molar-refractivity contribution in [2.24, 2.45) is 5.73 Å². The fourth-order valence-corrected chi connectivity index (χ4v) is 1.48. The molecule has 4 heteroatoms. The van der Waals surface area contributed by atoms with Gasteiger partial charge in [-0.1, -0.05) is 24.4 Å². The van der Waals surface area contributed by atoms with Crippen LogP contribution in [0.1, 0.15) is 12.5 Å². The van der Waals surface area contributed by atoms with E-state index in [0.717, 1.165) is 5.56 Å². The zero-order valence-electron chi connectivity index (χ0n) is 8.97. The van der Waals surface area contributed by atoms with E-state index in [-0.39, 0.29) is 11.8 Å². The molecule has 0 saturated heterocycles.